The lowest BCUT2D eigenvalue weighted by Gasteiger charge is -2.40. The number of rotatable bonds is 15. The van der Waals surface area contributed by atoms with Gasteiger partial charge in [-0.2, -0.15) is 0 Å². The first kappa shape index (κ1) is 31.0. The maximum absolute atomic E-state index is 14.5. The molecule has 3 aliphatic heterocycles. The molecule has 2 unspecified atom stereocenters. The van der Waals surface area contributed by atoms with E-state index in [2.05, 4.69) is 13.2 Å². The molecule has 2 bridgehead atoms. The van der Waals surface area contributed by atoms with Crippen molar-refractivity contribution < 1.29 is 29.0 Å². The van der Waals surface area contributed by atoms with Crippen molar-refractivity contribution in [3.8, 4) is 0 Å². The van der Waals surface area contributed by atoms with Crippen molar-refractivity contribution >= 4 is 17.8 Å². The predicted molar refractivity (Wildman–Crippen MR) is 157 cm³/mol. The molecule has 0 aromatic heterocycles. The standard InChI is InChI=1S/C33H46N2O6/c1-6-9-10-14-20-40-31(39)27-26-29(37)35(25(22-36)21-24-15-12-11-13-16-24)28(30(38)34(19-7-2)23(4)5)33(26)18-17-32(27,8-3)41-33/h6-7,11-13,15-16,23,25-28,36H,1-2,8-10,14,17-22H2,3-5H3/t25-,26+,27+,28?,32-,33?/m1/s1. The van der Waals surface area contributed by atoms with E-state index in [1.54, 1.807) is 15.9 Å². The fourth-order valence-corrected chi connectivity index (χ4v) is 7.33. The maximum atomic E-state index is 14.5. The van der Waals surface area contributed by atoms with Gasteiger partial charge < -0.3 is 24.4 Å². The molecule has 0 radical (unpaired) electrons. The van der Waals surface area contributed by atoms with E-state index in [9.17, 15) is 19.5 Å². The molecule has 8 heteroatoms. The number of carbonyl (C=O) groups is 3. The number of esters is 1. The number of aliphatic hydroxyl groups excluding tert-OH is 1. The van der Waals surface area contributed by atoms with Gasteiger partial charge >= 0.3 is 5.97 Å². The van der Waals surface area contributed by atoms with Crippen molar-refractivity contribution in [2.75, 3.05) is 19.8 Å². The highest BCUT2D eigenvalue weighted by atomic mass is 16.6. The monoisotopic (exact) mass is 566 g/mol. The highest BCUT2D eigenvalue weighted by Crippen LogP contribution is 2.65. The van der Waals surface area contributed by atoms with Crippen molar-refractivity contribution in [3.63, 3.8) is 0 Å². The largest absolute Gasteiger partial charge is 0.465 e. The van der Waals surface area contributed by atoms with Crippen LogP contribution in [0.3, 0.4) is 0 Å². The van der Waals surface area contributed by atoms with Crippen LogP contribution in [0, 0.1) is 11.8 Å². The Morgan fingerprint density at radius 3 is 2.54 bits per heavy atom. The molecule has 3 heterocycles. The summed E-state index contributed by atoms with van der Waals surface area (Å²) in [5.74, 6) is -2.66. The summed E-state index contributed by atoms with van der Waals surface area (Å²) < 4.78 is 12.6. The summed E-state index contributed by atoms with van der Waals surface area (Å²) in [5.41, 5.74) is -1.09. The predicted octanol–water partition coefficient (Wildman–Crippen LogP) is 4.07. The average molecular weight is 567 g/mol. The van der Waals surface area contributed by atoms with E-state index in [-0.39, 0.29) is 31.1 Å². The van der Waals surface area contributed by atoms with Gasteiger partial charge in [-0.1, -0.05) is 49.4 Å². The summed E-state index contributed by atoms with van der Waals surface area (Å²) in [6.07, 6.45) is 7.87. The molecule has 224 valence electrons. The number of hydrogen-bond acceptors (Lipinski definition) is 6. The lowest BCUT2D eigenvalue weighted by Crippen LogP contribution is -2.60. The Morgan fingerprint density at radius 2 is 1.93 bits per heavy atom. The van der Waals surface area contributed by atoms with Gasteiger partial charge in [-0.25, -0.2) is 0 Å². The maximum Gasteiger partial charge on any atom is 0.312 e. The summed E-state index contributed by atoms with van der Waals surface area (Å²) in [7, 11) is 0. The van der Waals surface area contributed by atoms with Crippen molar-refractivity contribution in [1.82, 2.24) is 9.80 Å². The Hall–Kier alpha value is -2.97. The topological polar surface area (TPSA) is 96.4 Å². The zero-order valence-corrected chi connectivity index (χ0v) is 24.8. The van der Waals surface area contributed by atoms with Crippen LogP contribution in [0.25, 0.3) is 0 Å². The number of carbonyl (C=O) groups excluding carboxylic acids is 3. The minimum Gasteiger partial charge on any atom is -0.465 e. The van der Waals surface area contributed by atoms with Gasteiger partial charge in [0.1, 0.15) is 17.6 Å². The number of ether oxygens (including phenoxy) is 2. The second kappa shape index (κ2) is 12.9. The van der Waals surface area contributed by atoms with Gasteiger partial charge in [-0.15, -0.1) is 13.2 Å². The van der Waals surface area contributed by atoms with Crippen LogP contribution < -0.4 is 0 Å². The number of hydrogen-bond donors (Lipinski definition) is 1. The molecule has 2 amide bonds. The lowest BCUT2D eigenvalue weighted by atomic mass is 9.65. The van der Waals surface area contributed by atoms with Gasteiger partial charge in [0.2, 0.25) is 11.8 Å². The quantitative estimate of drug-likeness (QED) is 0.195. The van der Waals surface area contributed by atoms with E-state index >= 15 is 0 Å². The van der Waals surface area contributed by atoms with E-state index in [0.29, 0.717) is 38.6 Å². The van der Waals surface area contributed by atoms with Crippen LogP contribution >= 0.6 is 0 Å². The van der Waals surface area contributed by atoms with E-state index in [1.165, 1.54) is 0 Å². The number of unbranched alkanes of at least 4 members (excludes halogenated alkanes) is 2. The summed E-state index contributed by atoms with van der Waals surface area (Å²) in [6.45, 7) is 13.6. The number of fused-ring (bicyclic) bond motifs is 1. The Balaban J connectivity index is 1.75. The van der Waals surface area contributed by atoms with E-state index in [4.69, 9.17) is 9.47 Å². The number of nitrogens with zero attached hydrogens (tertiary/aromatic N) is 2. The van der Waals surface area contributed by atoms with Gasteiger partial charge in [0.05, 0.1) is 30.8 Å². The van der Waals surface area contributed by atoms with Crippen LogP contribution in [0.2, 0.25) is 0 Å². The first-order chi connectivity index (χ1) is 19.7. The Kier molecular flexibility index (Phi) is 9.75. The van der Waals surface area contributed by atoms with E-state index in [0.717, 1.165) is 18.4 Å². The molecule has 3 aliphatic rings. The van der Waals surface area contributed by atoms with Crippen molar-refractivity contribution in [2.45, 2.75) is 95.0 Å². The zero-order valence-electron chi connectivity index (χ0n) is 24.8. The summed E-state index contributed by atoms with van der Waals surface area (Å²) in [5, 5.41) is 10.6. The van der Waals surface area contributed by atoms with E-state index in [1.807, 2.05) is 57.2 Å². The number of benzene rings is 1. The minimum absolute atomic E-state index is 0.148. The van der Waals surface area contributed by atoms with Crippen LogP contribution in [0.1, 0.15) is 64.9 Å². The summed E-state index contributed by atoms with van der Waals surface area (Å²) in [4.78, 5) is 46.0. The normalized spacial score (nSPS) is 29.0. The molecule has 0 aliphatic carbocycles. The smallest absolute Gasteiger partial charge is 0.312 e. The van der Waals surface area contributed by atoms with Crippen molar-refractivity contribution in [2.24, 2.45) is 11.8 Å². The molecular formula is C33H46N2O6. The number of likely N-dealkylation sites (tertiary alicyclic amines) is 1. The third kappa shape index (κ3) is 5.48. The molecule has 0 saturated carbocycles. The van der Waals surface area contributed by atoms with Crippen LogP contribution in [-0.2, 0) is 30.3 Å². The molecule has 1 N–H and O–H groups in total. The molecule has 4 rings (SSSR count). The number of aliphatic hydroxyl groups is 1. The molecular weight excluding hydrogens is 520 g/mol. The highest BCUT2D eigenvalue weighted by Gasteiger charge is 2.79. The van der Waals surface area contributed by atoms with Gasteiger partial charge in [-0.3, -0.25) is 14.4 Å². The Morgan fingerprint density at radius 1 is 1.20 bits per heavy atom. The van der Waals surface area contributed by atoms with Crippen LogP contribution in [0.15, 0.2) is 55.6 Å². The van der Waals surface area contributed by atoms with Gasteiger partial charge in [0.25, 0.3) is 0 Å². The molecule has 6 atom stereocenters. The van der Waals surface area contributed by atoms with Crippen molar-refractivity contribution in [3.05, 3.63) is 61.2 Å². The SMILES string of the molecule is C=CCCCCOC(=O)[C@@H]1[C@H]2C(=O)N([C@@H](CO)Cc3ccccc3)C(C(=O)N(CC=C)C(C)C)C23CC[C@@]1(CC)O3. The van der Waals surface area contributed by atoms with Crippen molar-refractivity contribution in [1.29, 1.82) is 0 Å². The van der Waals surface area contributed by atoms with Crippen LogP contribution in [0.4, 0.5) is 0 Å². The van der Waals surface area contributed by atoms with Gasteiger partial charge in [0.15, 0.2) is 0 Å². The zero-order chi connectivity index (χ0) is 29.8. The summed E-state index contributed by atoms with van der Waals surface area (Å²) in [6, 6.07) is 7.84. The molecule has 1 aromatic rings. The Labute approximate surface area is 244 Å². The van der Waals surface area contributed by atoms with Crippen LogP contribution in [0.5, 0.6) is 0 Å². The highest BCUT2D eigenvalue weighted by molar-refractivity contribution is 5.99. The lowest BCUT2D eigenvalue weighted by molar-refractivity contribution is -0.164. The second-order valence-corrected chi connectivity index (χ2v) is 11.9. The fraction of sp³-hybridized carbons (Fsp3) is 0.606. The van der Waals surface area contributed by atoms with Gasteiger partial charge in [-0.05, 0) is 64.4 Å². The summed E-state index contributed by atoms with van der Waals surface area (Å²) >= 11 is 0. The second-order valence-electron chi connectivity index (χ2n) is 11.9. The molecule has 3 saturated heterocycles. The third-order valence-electron chi connectivity index (χ3n) is 9.30. The minimum atomic E-state index is -1.17. The van der Waals surface area contributed by atoms with E-state index < -0.39 is 41.1 Å². The Bertz CT molecular complexity index is 1120. The molecule has 3 fully saturated rings. The number of allylic oxidation sites excluding steroid dienone is 1. The molecule has 8 nitrogen and oxygen atoms in total. The fourth-order valence-electron chi connectivity index (χ4n) is 7.33. The number of amides is 2. The molecule has 1 spiro atoms. The third-order valence-corrected chi connectivity index (χ3v) is 9.30. The average Bonchev–Trinajstić information content (AvgIpc) is 3.58. The molecule has 1 aromatic carbocycles. The first-order valence-corrected chi connectivity index (χ1v) is 15.1. The van der Waals surface area contributed by atoms with Crippen LogP contribution in [-0.4, -0.2) is 81.8 Å². The first-order valence-electron chi connectivity index (χ1n) is 15.1. The van der Waals surface area contributed by atoms with Gasteiger partial charge in [0, 0.05) is 12.6 Å². The molecule has 41 heavy (non-hydrogen) atoms.